The Morgan fingerprint density at radius 2 is 1.80 bits per heavy atom. The van der Waals surface area contributed by atoms with E-state index in [0.29, 0.717) is 5.92 Å². The fraction of sp³-hybridized carbons (Fsp3) is 0.333. The van der Waals surface area contributed by atoms with Gasteiger partial charge in [-0.3, -0.25) is 0 Å². The summed E-state index contributed by atoms with van der Waals surface area (Å²) < 4.78 is 5.28. The zero-order valence-corrected chi connectivity index (χ0v) is 12.5. The van der Waals surface area contributed by atoms with Gasteiger partial charge in [0.1, 0.15) is 5.75 Å². The molecule has 20 heavy (non-hydrogen) atoms. The predicted molar refractivity (Wildman–Crippen MR) is 83.8 cm³/mol. The van der Waals surface area contributed by atoms with E-state index in [2.05, 4.69) is 38.1 Å². The smallest absolute Gasteiger partial charge is 0.119 e. The molecule has 2 nitrogen and oxygen atoms in total. The molecule has 0 aliphatic rings. The maximum Gasteiger partial charge on any atom is 0.119 e. The van der Waals surface area contributed by atoms with Gasteiger partial charge in [-0.25, -0.2) is 0 Å². The minimum atomic E-state index is -0.343. The fourth-order valence-corrected chi connectivity index (χ4v) is 2.45. The largest absolute Gasteiger partial charge is 0.497 e. The van der Waals surface area contributed by atoms with Gasteiger partial charge in [0.2, 0.25) is 0 Å². The molecule has 0 bridgehead atoms. The fourth-order valence-electron chi connectivity index (χ4n) is 2.45. The van der Waals surface area contributed by atoms with Crippen molar-refractivity contribution in [2.24, 2.45) is 11.7 Å². The Bertz CT molecular complexity index is 548. The van der Waals surface area contributed by atoms with Crippen LogP contribution in [0.25, 0.3) is 0 Å². The highest BCUT2D eigenvalue weighted by Gasteiger charge is 2.28. The van der Waals surface area contributed by atoms with Crippen molar-refractivity contribution in [2.45, 2.75) is 25.8 Å². The Hall–Kier alpha value is -1.80. The summed E-state index contributed by atoms with van der Waals surface area (Å²) in [6.07, 6.45) is 0.930. The Kier molecular flexibility index (Phi) is 4.46. The minimum Gasteiger partial charge on any atom is -0.497 e. The van der Waals surface area contributed by atoms with E-state index in [-0.39, 0.29) is 5.54 Å². The summed E-state index contributed by atoms with van der Waals surface area (Å²) in [6, 6.07) is 18.5. The molecule has 2 aromatic carbocycles. The zero-order valence-electron chi connectivity index (χ0n) is 12.5. The number of ether oxygens (including phenoxy) is 1. The molecule has 0 unspecified atom stereocenters. The van der Waals surface area contributed by atoms with E-state index in [4.69, 9.17) is 10.5 Å². The van der Waals surface area contributed by atoms with Crippen LogP contribution in [-0.4, -0.2) is 7.11 Å². The lowest BCUT2D eigenvalue weighted by Crippen LogP contribution is -2.40. The van der Waals surface area contributed by atoms with Crippen molar-refractivity contribution in [2.75, 3.05) is 7.11 Å². The van der Waals surface area contributed by atoms with Crippen LogP contribution >= 0.6 is 0 Å². The number of nitrogens with two attached hydrogens (primary N) is 1. The number of methoxy groups -OCH3 is 1. The first-order valence-electron chi connectivity index (χ1n) is 7.01. The lowest BCUT2D eigenvalue weighted by Gasteiger charge is -2.32. The molecule has 2 aromatic rings. The Morgan fingerprint density at radius 3 is 2.45 bits per heavy atom. The van der Waals surface area contributed by atoms with E-state index in [9.17, 15) is 0 Å². The highest BCUT2D eigenvalue weighted by atomic mass is 16.5. The second kappa shape index (κ2) is 6.10. The molecule has 0 heterocycles. The average Bonchev–Trinajstić information content (AvgIpc) is 2.48. The molecule has 0 aromatic heterocycles. The number of hydrogen-bond acceptors (Lipinski definition) is 2. The van der Waals surface area contributed by atoms with Crippen molar-refractivity contribution in [3.05, 3.63) is 65.7 Å². The van der Waals surface area contributed by atoms with Gasteiger partial charge in [0.25, 0.3) is 0 Å². The van der Waals surface area contributed by atoms with Crippen LogP contribution in [0.1, 0.15) is 25.0 Å². The van der Waals surface area contributed by atoms with Crippen LogP contribution in [0, 0.1) is 5.92 Å². The molecule has 2 heteroatoms. The van der Waals surface area contributed by atoms with E-state index in [1.54, 1.807) is 7.11 Å². The van der Waals surface area contributed by atoms with E-state index in [1.807, 2.05) is 30.3 Å². The molecule has 0 radical (unpaired) electrons. The number of benzene rings is 2. The third kappa shape index (κ3) is 3.20. The molecule has 2 N–H and O–H groups in total. The maximum absolute atomic E-state index is 6.57. The Balaban J connectivity index is 2.16. The van der Waals surface area contributed by atoms with Gasteiger partial charge in [-0.15, -0.1) is 0 Å². The summed E-state index contributed by atoms with van der Waals surface area (Å²) >= 11 is 0. The highest BCUT2D eigenvalue weighted by molar-refractivity contribution is 5.30. The highest BCUT2D eigenvalue weighted by Crippen LogP contribution is 2.29. The molecule has 0 spiro atoms. The molecule has 0 amide bonds. The van der Waals surface area contributed by atoms with E-state index < -0.39 is 0 Å². The lowest BCUT2D eigenvalue weighted by molar-refractivity contribution is 0.322. The molecular formula is C18H23NO. The van der Waals surface area contributed by atoms with E-state index >= 15 is 0 Å². The first-order valence-corrected chi connectivity index (χ1v) is 7.01. The molecule has 106 valence electrons. The van der Waals surface area contributed by atoms with E-state index in [0.717, 1.165) is 12.2 Å². The monoisotopic (exact) mass is 269 g/mol. The van der Waals surface area contributed by atoms with Crippen LogP contribution in [0.5, 0.6) is 5.75 Å². The maximum atomic E-state index is 6.57. The Labute approximate surface area is 121 Å². The molecule has 0 fully saturated rings. The standard InChI is InChI=1S/C18H23NO/c1-14(12-15-8-7-11-17(13-15)20-3)18(2,19)16-9-5-4-6-10-16/h4-11,13-14H,12,19H2,1-3H3/t14-,18-/m0/s1. The van der Waals surface area contributed by atoms with Gasteiger partial charge in [-0.2, -0.15) is 0 Å². The van der Waals surface area contributed by atoms with Crippen LogP contribution in [0.4, 0.5) is 0 Å². The second-order valence-corrected chi connectivity index (χ2v) is 5.61. The molecule has 0 saturated heterocycles. The van der Waals surface area contributed by atoms with Crippen LogP contribution in [0.15, 0.2) is 54.6 Å². The summed E-state index contributed by atoms with van der Waals surface area (Å²) in [5.74, 6) is 1.23. The van der Waals surface area contributed by atoms with Crippen LogP contribution < -0.4 is 10.5 Å². The van der Waals surface area contributed by atoms with Gasteiger partial charge in [-0.05, 0) is 42.5 Å². The summed E-state index contributed by atoms with van der Waals surface area (Å²) in [7, 11) is 1.69. The van der Waals surface area contributed by atoms with Gasteiger partial charge >= 0.3 is 0 Å². The van der Waals surface area contributed by atoms with Gasteiger partial charge < -0.3 is 10.5 Å². The molecule has 2 rings (SSSR count). The van der Waals surface area contributed by atoms with Gasteiger partial charge in [-0.1, -0.05) is 49.4 Å². The zero-order chi connectivity index (χ0) is 14.6. The average molecular weight is 269 g/mol. The lowest BCUT2D eigenvalue weighted by atomic mass is 9.78. The minimum absolute atomic E-state index is 0.331. The van der Waals surface area contributed by atoms with Crippen molar-refractivity contribution in [3.63, 3.8) is 0 Å². The molecule has 0 aliphatic carbocycles. The first kappa shape index (κ1) is 14.6. The van der Waals surface area contributed by atoms with Gasteiger partial charge in [0.15, 0.2) is 0 Å². The van der Waals surface area contributed by atoms with Crippen molar-refractivity contribution in [3.8, 4) is 5.75 Å². The van der Waals surface area contributed by atoms with E-state index in [1.165, 1.54) is 11.1 Å². The van der Waals surface area contributed by atoms with Crippen molar-refractivity contribution < 1.29 is 4.74 Å². The topological polar surface area (TPSA) is 35.2 Å². The van der Waals surface area contributed by atoms with Crippen molar-refractivity contribution in [1.29, 1.82) is 0 Å². The summed E-state index contributed by atoms with van der Waals surface area (Å²) in [5.41, 5.74) is 8.66. The Morgan fingerprint density at radius 1 is 1.10 bits per heavy atom. The summed E-state index contributed by atoms with van der Waals surface area (Å²) in [5, 5.41) is 0. The SMILES string of the molecule is COc1cccc(C[C@H](C)[C@](C)(N)c2ccccc2)c1. The molecule has 2 atom stereocenters. The third-order valence-electron chi connectivity index (χ3n) is 4.10. The first-order chi connectivity index (χ1) is 9.54. The molecule has 0 saturated carbocycles. The summed E-state index contributed by atoms with van der Waals surface area (Å²) in [4.78, 5) is 0. The quantitative estimate of drug-likeness (QED) is 0.897. The van der Waals surface area contributed by atoms with Crippen molar-refractivity contribution in [1.82, 2.24) is 0 Å². The summed E-state index contributed by atoms with van der Waals surface area (Å²) in [6.45, 7) is 4.31. The predicted octanol–water partition coefficient (Wildman–Crippen LogP) is 3.75. The van der Waals surface area contributed by atoms with Crippen LogP contribution in [0.3, 0.4) is 0 Å². The molecular weight excluding hydrogens is 246 g/mol. The van der Waals surface area contributed by atoms with Gasteiger partial charge in [0, 0.05) is 5.54 Å². The number of rotatable bonds is 5. The van der Waals surface area contributed by atoms with Crippen LogP contribution in [0.2, 0.25) is 0 Å². The van der Waals surface area contributed by atoms with Gasteiger partial charge in [0.05, 0.1) is 7.11 Å². The second-order valence-electron chi connectivity index (χ2n) is 5.61. The number of hydrogen-bond donors (Lipinski definition) is 1. The van der Waals surface area contributed by atoms with Crippen molar-refractivity contribution >= 4 is 0 Å². The third-order valence-corrected chi connectivity index (χ3v) is 4.10. The normalized spacial score (nSPS) is 15.4. The van der Waals surface area contributed by atoms with Crippen LogP contribution in [-0.2, 0) is 12.0 Å². The molecule has 0 aliphatic heterocycles.